The highest BCUT2D eigenvalue weighted by Crippen LogP contribution is 2.21. The molecule has 0 saturated heterocycles. The molecule has 2 heterocycles. The second-order valence-corrected chi connectivity index (χ2v) is 5.01. The normalized spacial score (nSPS) is 10.8. The number of nitrogens with zero attached hydrogens (tertiary/aromatic N) is 2. The molecule has 0 spiro atoms. The first-order valence-electron chi connectivity index (χ1n) is 6.32. The third-order valence-electron chi connectivity index (χ3n) is 2.85. The Hall–Kier alpha value is -1.69. The average Bonchev–Trinajstić information content (AvgIpc) is 2.84. The van der Waals surface area contributed by atoms with Gasteiger partial charge in [0.15, 0.2) is 0 Å². The van der Waals surface area contributed by atoms with Crippen LogP contribution in [0.5, 0.6) is 0 Å². The van der Waals surface area contributed by atoms with E-state index in [9.17, 15) is 9.59 Å². The number of aryl methyl sites for hydroxylation is 1. The summed E-state index contributed by atoms with van der Waals surface area (Å²) in [6, 6.07) is 0. The van der Waals surface area contributed by atoms with E-state index in [0.717, 1.165) is 12.8 Å². The molecular formula is C13H16N2O3S. The SMILES string of the molecule is CCCCOC(=O)c1csc2ncn(CC)c(=O)c12. The van der Waals surface area contributed by atoms with Gasteiger partial charge in [0, 0.05) is 11.9 Å². The van der Waals surface area contributed by atoms with Crippen molar-refractivity contribution in [3.05, 3.63) is 27.6 Å². The maximum absolute atomic E-state index is 12.2. The molecule has 0 unspecified atom stereocenters. The van der Waals surface area contributed by atoms with E-state index in [2.05, 4.69) is 4.98 Å². The van der Waals surface area contributed by atoms with Crippen molar-refractivity contribution in [2.45, 2.75) is 33.2 Å². The number of ether oxygens (including phenoxy) is 1. The van der Waals surface area contributed by atoms with Gasteiger partial charge in [0.05, 0.1) is 23.9 Å². The van der Waals surface area contributed by atoms with Gasteiger partial charge in [-0.3, -0.25) is 9.36 Å². The number of carbonyl (C=O) groups is 1. The molecule has 0 aromatic carbocycles. The summed E-state index contributed by atoms with van der Waals surface area (Å²) in [5, 5.41) is 2.02. The Balaban J connectivity index is 2.38. The lowest BCUT2D eigenvalue weighted by atomic mass is 10.2. The molecule has 2 aromatic heterocycles. The predicted octanol–water partition coefficient (Wildman–Crippen LogP) is 2.43. The highest BCUT2D eigenvalue weighted by atomic mass is 32.1. The van der Waals surface area contributed by atoms with Crippen molar-refractivity contribution in [3.8, 4) is 0 Å². The Labute approximate surface area is 114 Å². The molecule has 0 N–H and O–H groups in total. The first kappa shape index (κ1) is 13.7. The molecule has 0 atom stereocenters. The van der Waals surface area contributed by atoms with Crippen molar-refractivity contribution in [2.24, 2.45) is 0 Å². The van der Waals surface area contributed by atoms with Crippen LogP contribution < -0.4 is 5.56 Å². The molecule has 2 aromatic rings. The summed E-state index contributed by atoms with van der Waals surface area (Å²) in [4.78, 5) is 28.9. The molecule has 6 heteroatoms. The number of hydrogen-bond acceptors (Lipinski definition) is 5. The third-order valence-corrected chi connectivity index (χ3v) is 3.74. The topological polar surface area (TPSA) is 61.2 Å². The fraction of sp³-hybridized carbons (Fsp3) is 0.462. The average molecular weight is 280 g/mol. The number of rotatable bonds is 5. The number of aromatic nitrogens is 2. The largest absolute Gasteiger partial charge is 0.462 e. The Morgan fingerprint density at radius 2 is 2.26 bits per heavy atom. The molecule has 0 bridgehead atoms. The molecule has 0 saturated carbocycles. The fourth-order valence-electron chi connectivity index (χ4n) is 1.73. The van der Waals surface area contributed by atoms with E-state index < -0.39 is 5.97 Å². The zero-order chi connectivity index (χ0) is 13.8. The zero-order valence-electron chi connectivity index (χ0n) is 11.0. The summed E-state index contributed by atoms with van der Waals surface area (Å²) >= 11 is 1.29. The standard InChI is InChI=1S/C13H16N2O3S/c1-3-5-6-18-13(17)9-7-19-11-10(9)12(16)15(4-2)8-14-11/h7-8H,3-6H2,1-2H3. The van der Waals surface area contributed by atoms with Crippen LogP contribution in [0.25, 0.3) is 10.2 Å². The Morgan fingerprint density at radius 1 is 1.47 bits per heavy atom. The first-order valence-corrected chi connectivity index (χ1v) is 7.20. The van der Waals surface area contributed by atoms with Gasteiger partial charge in [0.2, 0.25) is 0 Å². The van der Waals surface area contributed by atoms with Crippen molar-refractivity contribution < 1.29 is 9.53 Å². The van der Waals surface area contributed by atoms with Crippen LogP contribution in [-0.2, 0) is 11.3 Å². The molecular weight excluding hydrogens is 264 g/mol. The number of fused-ring (bicyclic) bond motifs is 1. The van der Waals surface area contributed by atoms with Gasteiger partial charge in [0.1, 0.15) is 4.83 Å². The van der Waals surface area contributed by atoms with Crippen molar-refractivity contribution in [1.82, 2.24) is 9.55 Å². The van der Waals surface area contributed by atoms with Crippen molar-refractivity contribution in [1.29, 1.82) is 0 Å². The summed E-state index contributed by atoms with van der Waals surface area (Å²) in [6.45, 7) is 4.80. The maximum Gasteiger partial charge on any atom is 0.339 e. The van der Waals surface area contributed by atoms with Crippen LogP contribution in [0.3, 0.4) is 0 Å². The summed E-state index contributed by atoms with van der Waals surface area (Å²) in [7, 11) is 0. The van der Waals surface area contributed by atoms with E-state index in [1.807, 2.05) is 13.8 Å². The molecule has 0 aliphatic heterocycles. The summed E-state index contributed by atoms with van der Waals surface area (Å²) in [6.07, 6.45) is 3.29. The van der Waals surface area contributed by atoms with Crippen molar-refractivity contribution in [2.75, 3.05) is 6.61 Å². The lowest BCUT2D eigenvalue weighted by Gasteiger charge is -2.03. The molecule has 19 heavy (non-hydrogen) atoms. The van der Waals surface area contributed by atoms with Gasteiger partial charge in [0.25, 0.3) is 5.56 Å². The third kappa shape index (κ3) is 2.68. The van der Waals surface area contributed by atoms with Crippen molar-refractivity contribution >= 4 is 27.5 Å². The maximum atomic E-state index is 12.2. The summed E-state index contributed by atoms with van der Waals surface area (Å²) in [5.41, 5.74) is 0.146. The van der Waals surface area contributed by atoms with Gasteiger partial charge in [-0.15, -0.1) is 11.3 Å². The molecule has 0 aliphatic rings. The van der Waals surface area contributed by atoms with Crippen LogP contribution in [-0.4, -0.2) is 22.1 Å². The van der Waals surface area contributed by atoms with Gasteiger partial charge in [-0.05, 0) is 13.3 Å². The number of carbonyl (C=O) groups excluding carboxylic acids is 1. The number of thiophene rings is 1. The monoisotopic (exact) mass is 280 g/mol. The molecule has 0 amide bonds. The quantitative estimate of drug-likeness (QED) is 0.623. The molecule has 102 valence electrons. The number of hydrogen-bond donors (Lipinski definition) is 0. The first-order chi connectivity index (χ1) is 9.19. The van der Waals surface area contributed by atoms with Crippen LogP contribution in [0.4, 0.5) is 0 Å². The molecule has 2 rings (SSSR count). The Bertz CT molecular complexity index is 645. The van der Waals surface area contributed by atoms with E-state index in [1.54, 1.807) is 5.38 Å². The number of unbranched alkanes of at least 4 members (excludes halogenated alkanes) is 1. The second-order valence-electron chi connectivity index (χ2n) is 4.15. The molecule has 0 radical (unpaired) electrons. The lowest BCUT2D eigenvalue weighted by Crippen LogP contribution is -2.20. The molecule has 0 aliphatic carbocycles. The van der Waals surface area contributed by atoms with Crippen LogP contribution in [0.1, 0.15) is 37.0 Å². The minimum absolute atomic E-state index is 0.184. The summed E-state index contributed by atoms with van der Waals surface area (Å²) < 4.78 is 6.64. The minimum atomic E-state index is -0.438. The van der Waals surface area contributed by atoms with Gasteiger partial charge in [-0.25, -0.2) is 9.78 Å². The van der Waals surface area contributed by atoms with Gasteiger partial charge >= 0.3 is 5.97 Å². The molecule has 5 nitrogen and oxygen atoms in total. The fourth-order valence-corrected chi connectivity index (χ4v) is 2.60. The van der Waals surface area contributed by atoms with Crippen molar-refractivity contribution in [3.63, 3.8) is 0 Å². The highest BCUT2D eigenvalue weighted by Gasteiger charge is 2.18. The van der Waals surface area contributed by atoms with Gasteiger partial charge < -0.3 is 4.74 Å². The van der Waals surface area contributed by atoms with Gasteiger partial charge in [-0.1, -0.05) is 13.3 Å². The lowest BCUT2D eigenvalue weighted by molar-refractivity contribution is 0.0502. The number of esters is 1. The van der Waals surface area contributed by atoms with E-state index in [1.165, 1.54) is 22.2 Å². The molecule has 0 fully saturated rings. The zero-order valence-corrected chi connectivity index (χ0v) is 11.8. The van der Waals surface area contributed by atoms with E-state index in [0.29, 0.717) is 28.9 Å². The van der Waals surface area contributed by atoms with Crippen LogP contribution in [0.2, 0.25) is 0 Å². The highest BCUT2D eigenvalue weighted by molar-refractivity contribution is 7.17. The summed E-state index contributed by atoms with van der Waals surface area (Å²) in [5.74, 6) is -0.438. The van der Waals surface area contributed by atoms with Crippen LogP contribution >= 0.6 is 11.3 Å². The van der Waals surface area contributed by atoms with E-state index >= 15 is 0 Å². The van der Waals surface area contributed by atoms with Crippen LogP contribution in [0, 0.1) is 0 Å². The smallest absolute Gasteiger partial charge is 0.339 e. The van der Waals surface area contributed by atoms with E-state index in [-0.39, 0.29) is 5.56 Å². The predicted molar refractivity (Wildman–Crippen MR) is 74.7 cm³/mol. The van der Waals surface area contributed by atoms with Crippen LogP contribution in [0.15, 0.2) is 16.5 Å². The minimum Gasteiger partial charge on any atom is -0.462 e. The Morgan fingerprint density at radius 3 is 2.95 bits per heavy atom. The Kier molecular flexibility index (Phi) is 4.31. The second kappa shape index (κ2) is 5.97. The van der Waals surface area contributed by atoms with Gasteiger partial charge in [-0.2, -0.15) is 0 Å². The van der Waals surface area contributed by atoms with E-state index in [4.69, 9.17) is 4.74 Å².